The second-order valence-corrected chi connectivity index (χ2v) is 6.00. The highest BCUT2D eigenvalue weighted by Gasteiger charge is 2.24. The number of ether oxygens (including phenoxy) is 1. The Morgan fingerprint density at radius 1 is 1.36 bits per heavy atom. The molecule has 7 nitrogen and oxygen atoms in total. The van der Waals surface area contributed by atoms with Crippen LogP contribution in [0.3, 0.4) is 0 Å². The molecule has 0 radical (unpaired) electrons. The molecule has 1 aromatic carbocycles. The first-order chi connectivity index (χ1) is 12.0. The minimum absolute atomic E-state index is 0.0186. The summed E-state index contributed by atoms with van der Waals surface area (Å²) in [6, 6.07) is 5.94. The average molecular weight is 368 g/mol. The second kappa shape index (κ2) is 7.43. The number of anilines is 2. The molecule has 0 unspecified atom stereocenters. The highest BCUT2D eigenvalue weighted by Crippen LogP contribution is 2.24. The molecule has 2 N–H and O–H groups in total. The molecule has 1 fully saturated rings. The van der Waals surface area contributed by atoms with Gasteiger partial charge in [0.05, 0.1) is 6.54 Å². The third-order valence-electron chi connectivity index (χ3n) is 3.38. The topological polar surface area (TPSA) is 83.6 Å². The maximum Gasteiger partial charge on any atom is 0.387 e. The number of thiazole rings is 1. The molecule has 0 bridgehead atoms. The second-order valence-electron chi connectivity index (χ2n) is 5.14. The number of aromatic nitrogens is 1. The fraction of sp³-hybridized carbons (Fsp3) is 0.267. The number of carbonyl (C=O) groups excluding carboxylic acids is 2. The lowest BCUT2D eigenvalue weighted by Gasteiger charge is -2.25. The number of amides is 2. The Morgan fingerprint density at radius 3 is 2.80 bits per heavy atom. The molecule has 10 heteroatoms. The quantitative estimate of drug-likeness (QED) is 0.844. The van der Waals surface area contributed by atoms with E-state index in [0.717, 1.165) is 0 Å². The molecule has 0 aliphatic carbocycles. The molecule has 1 saturated heterocycles. The number of nitrogens with zero attached hydrogens (tertiary/aromatic N) is 2. The number of hydrogen-bond acceptors (Lipinski definition) is 6. The number of hydrogen-bond donors (Lipinski definition) is 2. The predicted octanol–water partition coefficient (Wildman–Crippen LogP) is 2.06. The van der Waals surface area contributed by atoms with E-state index in [2.05, 4.69) is 20.4 Å². The molecule has 0 atom stereocenters. The molecule has 0 spiro atoms. The average Bonchev–Trinajstić information content (AvgIpc) is 3.04. The number of piperazine rings is 1. The molecule has 132 valence electrons. The van der Waals surface area contributed by atoms with Gasteiger partial charge in [0, 0.05) is 24.2 Å². The summed E-state index contributed by atoms with van der Waals surface area (Å²) in [4.78, 5) is 29.3. The van der Waals surface area contributed by atoms with E-state index in [9.17, 15) is 18.4 Å². The SMILES string of the molecule is O=C1CN(C(=O)c2csc(Nc3ccc(OC(F)F)cc3)n2)CCN1. The van der Waals surface area contributed by atoms with Crippen LogP contribution in [0, 0.1) is 0 Å². The van der Waals surface area contributed by atoms with E-state index in [1.54, 1.807) is 17.5 Å². The number of rotatable bonds is 5. The highest BCUT2D eigenvalue weighted by atomic mass is 32.1. The Balaban J connectivity index is 1.63. The van der Waals surface area contributed by atoms with E-state index in [0.29, 0.717) is 23.9 Å². The Morgan fingerprint density at radius 2 is 2.12 bits per heavy atom. The first kappa shape index (κ1) is 17.1. The lowest BCUT2D eigenvalue weighted by Crippen LogP contribution is -2.50. The van der Waals surface area contributed by atoms with Gasteiger partial charge in [0.25, 0.3) is 5.91 Å². The third kappa shape index (κ3) is 4.41. The van der Waals surface area contributed by atoms with E-state index < -0.39 is 6.61 Å². The maximum atomic E-state index is 12.3. The molecule has 2 amide bonds. The molecule has 2 heterocycles. The molecular weight excluding hydrogens is 354 g/mol. The first-order valence-corrected chi connectivity index (χ1v) is 8.22. The van der Waals surface area contributed by atoms with Crippen LogP contribution in [-0.2, 0) is 4.79 Å². The maximum absolute atomic E-state index is 12.3. The summed E-state index contributed by atoms with van der Waals surface area (Å²) >= 11 is 1.23. The van der Waals surface area contributed by atoms with Crippen molar-refractivity contribution in [3.63, 3.8) is 0 Å². The smallest absolute Gasteiger partial charge is 0.387 e. The predicted molar refractivity (Wildman–Crippen MR) is 87.4 cm³/mol. The van der Waals surface area contributed by atoms with Gasteiger partial charge in [-0.25, -0.2) is 4.98 Å². The summed E-state index contributed by atoms with van der Waals surface area (Å²) in [5.41, 5.74) is 0.868. The summed E-state index contributed by atoms with van der Waals surface area (Å²) in [6.07, 6.45) is 0. The van der Waals surface area contributed by atoms with Crippen molar-refractivity contribution in [3.05, 3.63) is 35.3 Å². The van der Waals surface area contributed by atoms with Crippen molar-refractivity contribution in [1.29, 1.82) is 0 Å². The molecule has 1 aliphatic rings. The Labute approximate surface area is 145 Å². The van der Waals surface area contributed by atoms with Gasteiger partial charge in [-0.1, -0.05) is 0 Å². The number of nitrogens with one attached hydrogen (secondary N) is 2. The summed E-state index contributed by atoms with van der Waals surface area (Å²) in [5.74, 6) is -0.446. The van der Waals surface area contributed by atoms with Crippen molar-refractivity contribution in [1.82, 2.24) is 15.2 Å². The molecule has 25 heavy (non-hydrogen) atoms. The van der Waals surface area contributed by atoms with Crippen molar-refractivity contribution >= 4 is 34.0 Å². The van der Waals surface area contributed by atoms with Crippen molar-refractivity contribution in [2.45, 2.75) is 6.61 Å². The van der Waals surface area contributed by atoms with Crippen molar-refractivity contribution in [3.8, 4) is 5.75 Å². The van der Waals surface area contributed by atoms with Crippen LogP contribution in [0.4, 0.5) is 19.6 Å². The Kier molecular flexibility index (Phi) is 5.08. The lowest BCUT2D eigenvalue weighted by atomic mass is 10.3. The minimum Gasteiger partial charge on any atom is -0.435 e. The van der Waals surface area contributed by atoms with Crippen LogP contribution in [0.2, 0.25) is 0 Å². The van der Waals surface area contributed by atoms with E-state index in [4.69, 9.17) is 0 Å². The molecule has 3 rings (SSSR count). The summed E-state index contributed by atoms with van der Waals surface area (Å²) in [5, 5.41) is 7.72. The van der Waals surface area contributed by atoms with Gasteiger partial charge in [-0.2, -0.15) is 8.78 Å². The van der Waals surface area contributed by atoms with Gasteiger partial charge < -0.3 is 20.3 Å². The van der Waals surface area contributed by atoms with E-state index in [-0.39, 0.29) is 29.8 Å². The minimum atomic E-state index is -2.87. The van der Waals surface area contributed by atoms with E-state index in [1.807, 2.05) is 0 Å². The fourth-order valence-corrected chi connectivity index (χ4v) is 2.95. The van der Waals surface area contributed by atoms with Gasteiger partial charge >= 0.3 is 6.61 Å². The fourth-order valence-electron chi connectivity index (χ4n) is 2.25. The Bertz CT molecular complexity index is 766. The van der Waals surface area contributed by atoms with E-state index >= 15 is 0 Å². The summed E-state index contributed by atoms with van der Waals surface area (Å²) < 4.78 is 28.5. The van der Waals surface area contributed by atoms with Crippen LogP contribution >= 0.6 is 11.3 Å². The molecular formula is C15H14F2N4O3S. The summed E-state index contributed by atoms with van der Waals surface area (Å²) in [7, 11) is 0. The van der Waals surface area contributed by atoms with Crippen LogP contribution in [-0.4, -0.2) is 47.9 Å². The zero-order valence-corrected chi connectivity index (χ0v) is 13.7. The lowest BCUT2D eigenvalue weighted by molar-refractivity contribution is -0.123. The van der Waals surface area contributed by atoms with Crippen LogP contribution in [0.25, 0.3) is 0 Å². The summed E-state index contributed by atoms with van der Waals surface area (Å²) in [6.45, 7) is -1.99. The normalized spacial score (nSPS) is 14.4. The van der Waals surface area contributed by atoms with Gasteiger partial charge in [-0.05, 0) is 24.3 Å². The van der Waals surface area contributed by atoms with Gasteiger partial charge in [0.2, 0.25) is 5.91 Å². The zero-order valence-electron chi connectivity index (χ0n) is 12.9. The van der Waals surface area contributed by atoms with Crippen molar-refractivity contribution in [2.24, 2.45) is 0 Å². The van der Waals surface area contributed by atoms with Gasteiger partial charge in [-0.15, -0.1) is 11.3 Å². The number of benzene rings is 1. The molecule has 1 aliphatic heterocycles. The third-order valence-corrected chi connectivity index (χ3v) is 4.14. The number of alkyl halides is 2. The molecule has 2 aromatic rings. The van der Waals surface area contributed by atoms with Crippen molar-refractivity contribution < 1.29 is 23.1 Å². The first-order valence-electron chi connectivity index (χ1n) is 7.34. The van der Waals surface area contributed by atoms with Crippen LogP contribution in [0.1, 0.15) is 10.5 Å². The van der Waals surface area contributed by atoms with Crippen LogP contribution in [0.5, 0.6) is 5.75 Å². The standard InChI is InChI=1S/C15H14F2N4O3S/c16-14(17)24-10-3-1-9(2-4-10)19-15-20-11(8-25-15)13(23)21-6-5-18-12(22)7-21/h1-4,8,14H,5-7H2,(H,18,22)(H,19,20). The van der Waals surface area contributed by atoms with Gasteiger partial charge in [-0.3, -0.25) is 9.59 Å². The van der Waals surface area contributed by atoms with Crippen molar-refractivity contribution in [2.75, 3.05) is 25.0 Å². The molecule has 1 aromatic heterocycles. The number of carbonyl (C=O) groups is 2. The Hall–Kier alpha value is -2.75. The van der Waals surface area contributed by atoms with Gasteiger partial charge in [0.15, 0.2) is 5.13 Å². The zero-order chi connectivity index (χ0) is 17.8. The molecule has 0 saturated carbocycles. The van der Waals surface area contributed by atoms with E-state index in [1.165, 1.54) is 28.4 Å². The highest BCUT2D eigenvalue weighted by molar-refractivity contribution is 7.14. The van der Waals surface area contributed by atoms with Crippen LogP contribution < -0.4 is 15.4 Å². The van der Waals surface area contributed by atoms with Crippen LogP contribution in [0.15, 0.2) is 29.6 Å². The number of halogens is 2. The monoisotopic (exact) mass is 368 g/mol. The van der Waals surface area contributed by atoms with Gasteiger partial charge in [0.1, 0.15) is 11.4 Å². The largest absolute Gasteiger partial charge is 0.435 e.